The first-order chi connectivity index (χ1) is 10.5. The van der Waals surface area contributed by atoms with Crippen molar-refractivity contribution in [3.63, 3.8) is 0 Å². The lowest BCUT2D eigenvalue weighted by atomic mass is 10.2. The number of furan rings is 1. The minimum atomic E-state index is -0.635. The van der Waals surface area contributed by atoms with Gasteiger partial charge in [0.1, 0.15) is 10.7 Å². The molecule has 0 aliphatic carbocycles. The van der Waals surface area contributed by atoms with Gasteiger partial charge in [0.25, 0.3) is 0 Å². The van der Waals surface area contributed by atoms with E-state index in [1.807, 2.05) is 26.1 Å². The van der Waals surface area contributed by atoms with Crippen LogP contribution >= 0.6 is 0 Å². The van der Waals surface area contributed by atoms with Crippen molar-refractivity contribution >= 4 is 17.9 Å². The van der Waals surface area contributed by atoms with E-state index in [2.05, 4.69) is 10.4 Å². The van der Waals surface area contributed by atoms with Gasteiger partial charge >= 0.3 is 5.88 Å². The second-order valence-electron chi connectivity index (χ2n) is 4.59. The molecule has 0 radical (unpaired) electrons. The SMILES string of the molecule is CCn1ccc(C(C)NC(=O)/C=C/c2ccc([N+](=O)[O-])o2)n1. The Balaban J connectivity index is 1.93. The summed E-state index contributed by atoms with van der Waals surface area (Å²) in [5, 5.41) is 17.5. The Bertz CT molecular complexity index is 701. The van der Waals surface area contributed by atoms with Crippen molar-refractivity contribution in [3.8, 4) is 0 Å². The molecule has 2 aromatic heterocycles. The van der Waals surface area contributed by atoms with Gasteiger partial charge in [0.15, 0.2) is 0 Å². The number of carbonyl (C=O) groups is 1. The zero-order chi connectivity index (χ0) is 16.1. The minimum absolute atomic E-state index is 0.240. The van der Waals surface area contributed by atoms with Crippen molar-refractivity contribution in [3.05, 3.63) is 52.0 Å². The molecule has 116 valence electrons. The summed E-state index contributed by atoms with van der Waals surface area (Å²) in [6.07, 6.45) is 4.48. The standard InChI is InChI=1S/C14H16N4O4/c1-3-17-9-8-12(16-17)10(2)15-13(19)6-4-11-5-7-14(22-11)18(20)21/h4-10H,3H2,1-2H3,(H,15,19)/b6-4+. The van der Waals surface area contributed by atoms with Gasteiger partial charge in [-0.15, -0.1) is 0 Å². The average Bonchev–Trinajstić information content (AvgIpc) is 3.14. The van der Waals surface area contributed by atoms with Crippen LogP contribution in [0.1, 0.15) is 31.3 Å². The molecule has 0 aromatic carbocycles. The Labute approximate surface area is 126 Å². The van der Waals surface area contributed by atoms with E-state index in [4.69, 9.17) is 4.42 Å². The molecule has 8 heteroatoms. The van der Waals surface area contributed by atoms with Gasteiger partial charge in [-0.2, -0.15) is 5.10 Å². The number of amides is 1. The number of nitro groups is 1. The van der Waals surface area contributed by atoms with Crippen molar-refractivity contribution < 1.29 is 14.1 Å². The summed E-state index contributed by atoms with van der Waals surface area (Å²) in [5.41, 5.74) is 0.761. The largest absolute Gasteiger partial charge is 0.433 e. The number of nitrogens with zero attached hydrogens (tertiary/aromatic N) is 3. The van der Waals surface area contributed by atoms with E-state index in [9.17, 15) is 14.9 Å². The molecule has 0 saturated carbocycles. The fraction of sp³-hybridized carbons (Fsp3) is 0.286. The van der Waals surface area contributed by atoms with E-state index < -0.39 is 4.92 Å². The molecule has 1 N–H and O–H groups in total. The van der Waals surface area contributed by atoms with E-state index >= 15 is 0 Å². The molecule has 0 aliphatic heterocycles. The zero-order valence-corrected chi connectivity index (χ0v) is 12.2. The van der Waals surface area contributed by atoms with E-state index in [1.165, 1.54) is 24.3 Å². The number of hydrogen-bond donors (Lipinski definition) is 1. The molecule has 2 aromatic rings. The van der Waals surface area contributed by atoms with Crippen LogP contribution in [-0.2, 0) is 11.3 Å². The lowest BCUT2D eigenvalue weighted by Crippen LogP contribution is -2.25. The first-order valence-corrected chi connectivity index (χ1v) is 6.75. The van der Waals surface area contributed by atoms with Gasteiger partial charge in [0.2, 0.25) is 5.91 Å². The van der Waals surface area contributed by atoms with Crippen LogP contribution in [0.3, 0.4) is 0 Å². The molecular formula is C14H16N4O4. The molecule has 1 atom stereocenters. The van der Waals surface area contributed by atoms with Crippen LogP contribution in [0, 0.1) is 10.1 Å². The Kier molecular flexibility index (Phi) is 4.72. The number of aromatic nitrogens is 2. The number of hydrogen-bond acceptors (Lipinski definition) is 5. The summed E-state index contributed by atoms with van der Waals surface area (Å²) in [6, 6.07) is 4.26. The highest BCUT2D eigenvalue weighted by Crippen LogP contribution is 2.16. The van der Waals surface area contributed by atoms with Gasteiger partial charge in [-0.25, -0.2) is 0 Å². The van der Waals surface area contributed by atoms with Crippen LogP contribution in [0.25, 0.3) is 6.08 Å². The Morgan fingerprint density at radius 3 is 2.91 bits per heavy atom. The molecule has 1 amide bonds. The highest BCUT2D eigenvalue weighted by molar-refractivity contribution is 5.91. The molecule has 0 saturated heterocycles. The van der Waals surface area contributed by atoms with Crippen LogP contribution in [0.15, 0.2) is 34.9 Å². The molecule has 8 nitrogen and oxygen atoms in total. The molecule has 0 spiro atoms. The summed E-state index contributed by atoms with van der Waals surface area (Å²) >= 11 is 0. The second kappa shape index (κ2) is 6.70. The van der Waals surface area contributed by atoms with E-state index in [0.717, 1.165) is 12.2 Å². The minimum Gasteiger partial charge on any atom is -0.401 e. The normalized spacial score (nSPS) is 12.5. The molecule has 0 fully saturated rings. The first kappa shape index (κ1) is 15.5. The lowest BCUT2D eigenvalue weighted by molar-refractivity contribution is -0.402. The van der Waals surface area contributed by atoms with Gasteiger partial charge in [0.05, 0.1) is 17.8 Å². The van der Waals surface area contributed by atoms with Crippen molar-refractivity contribution in [2.45, 2.75) is 26.4 Å². The number of rotatable bonds is 6. The lowest BCUT2D eigenvalue weighted by Gasteiger charge is -2.09. The molecule has 2 heterocycles. The Morgan fingerprint density at radius 2 is 2.32 bits per heavy atom. The van der Waals surface area contributed by atoms with Crippen LogP contribution in [0.5, 0.6) is 0 Å². The van der Waals surface area contributed by atoms with Crippen LogP contribution in [-0.4, -0.2) is 20.6 Å². The van der Waals surface area contributed by atoms with Crippen molar-refractivity contribution in [1.82, 2.24) is 15.1 Å². The van der Waals surface area contributed by atoms with Gasteiger partial charge in [-0.1, -0.05) is 0 Å². The van der Waals surface area contributed by atoms with Gasteiger partial charge in [0, 0.05) is 18.8 Å². The summed E-state index contributed by atoms with van der Waals surface area (Å²) in [5.74, 6) is -0.458. The van der Waals surface area contributed by atoms with Crippen molar-refractivity contribution in [1.29, 1.82) is 0 Å². The third kappa shape index (κ3) is 3.81. The van der Waals surface area contributed by atoms with Gasteiger partial charge in [-0.05, 0) is 32.1 Å². The Morgan fingerprint density at radius 1 is 1.55 bits per heavy atom. The summed E-state index contributed by atoms with van der Waals surface area (Å²) < 4.78 is 6.70. The smallest absolute Gasteiger partial charge is 0.401 e. The van der Waals surface area contributed by atoms with Gasteiger partial charge in [-0.3, -0.25) is 19.6 Å². The number of aryl methyl sites for hydroxylation is 1. The highest BCUT2D eigenvalue weighted by Gasteiger charge is 2.12. The summed E-state index contributed by atoms with van der Waals surface area (Å²) in [4.78, 5) is 21.7. The molecular weight excluding hydrogens is 288 g/mol. The first-order valence-electron chi connectivity index (χ1n) is 6.75. The quantitative estimate of drug-likeness (QED) is 0.501. The van der Waals surface area contributed by atoms with Crippen LogP contribution in [0.4, 0.5) is 5.88 Å². The van der Waals surface area contributed by atoms with E-state index in [-0.39, 0.29) is 23.6 Å². The fourth-order valence-electron chi connectivity index (χ4n) is 1.81. The average molecular weight is 304 g/mol. The number of carbonyl (C=O) groups excluding carboxylic acids is 1. The van der Waals surface area contributed by atoms with E-state index in [1.54, 1.807) is 4.68 Å². The van der Waals surface area contributed by atoms with E-state index in [0.29, 0.717) is 0 Å². The van der Waals surface area contributed by atoms with Crippen molar-refractivity contribution in [2.24, 2.45) is 0 Å². The maximum Gasteiger partial charge on any atom is 0.433 e. The fourth-order valence-corrected chi connectivity index (χ4v) is 1.81. The van der Waals surface area contributed by atoms with Crippen molar-refractivity contribution in [2.75, 3.05) is 0 Å². The predicted octanol–water partition coefficient (Wildman–Crippen LogP) is 2.29. The third-order valence-corrected chi connectivity index (χ3v) is 2.98. The predicted molar refractivity (Wildman–Crippen MR) is 78.9 cm³/mol. The van der Waals surface area contributed by atoms with Crippen LogP contribution in [0.2, 0.25) is 0 Å². The molecule has 0 aliphatic rings. The molecule has 22 heavy (non-hydrogen) atoms. The maximum atomic E-state index is 11.8. The second-order valence-corrected chi connectivity index (χ2v) is 4.59. The molecule has 1 unspecified atom stereocenters. The van der Waals surface area contributed by atoms with Gasteiger partial charge < -0.3 is 9.73 Å². The number of nitrogens with one attached hydrogen (secondary N) is 1. The highest BCUT2D eigenvalue weighted by atomic mass is 16.6. The monoisotopic (exact) mass is 304 g/mol. The summed E-state index contributed by atoms with van der Waals surface area (Å²) in [7, 11) is 0. The van der Waals surface area contributed by atoms with Crippen LogP contribution < -0.4 is 5.32 Å². The molecule has 2 rings (SSSR count). The zero-order valence-electron chi connectivity index (χ0n) is 12.2. The Hall–Kier alpha value is -2.90. The third-order valence-electron chi connectivity index (χ3n) is 2.98. The molecule has 0 bridgehead atoms. The summed E-state index contributed by atoms with van der Waals surface area (Å²) in [6.45, 7) is 4.56. The maximum absolute atomic E-state index is 11.8. The topological polar surface area (TPSA) is 103 Å².